The molecule has 0 spiro atoms. The molecule has 23 heavy (non-hydrogen) atoms. The molecule has 1 fully saturated rings. The first kappa shape index (κ1) is 16.4. The summed E-state index contributed by atoms with van der Waals surface area (Å²) < 4.78 is 33.1. The van der Waals surface area contributed by atoms with Crippen LogP contribution in [0.3, 0.4) is 0 Å². The molecule has 3 rings (SSSR count). The maximum Gasteiger partial charge on any atom is 0.242 e. The number of para-hydroxylation sites is 1. The van der Waals surface area contributed by atoms with Crippen molar-refractivity contribution in [1.29, 1.82) is 0 Å². The van der Waals surface area contributed by atoms with Crippen molar-refractivity contribution >= 4 is 20.9 Å². The Kier molecular flexibility index (Phi) is 4.94. The number of aromatic nitrogens is 1. The molecule has 124 valence electrons. The smallest absolute Gasteiger partial charge is 0.242 e. The van der Waals surface area contributed by atoms with Crippen LogP contribution in [0.25, 0.3) is 10.9 Å². The molecule has 1 aliphatic rings. The molecule has 0 bridgehead atoms. The number of hydrogen-bond donors (Lipinski definition) is 1. The summed E-state index contributed by atoms with van der Waals surface area (Å²) in [4.78, 5) is 4.52. The highest BCUT2D eigenvalue weighted by Crippen LogP contribution is 2.28. The van der Waals surface area contributed by atoms with E-state index in [9.17, 15) is 8.42 Å². The van der Waals surface area contributed by atoms with Crippen LogP contribution in [0, 0.1) is 12.8 Å². The molecular formula is C17H22N2O3S. The minimum Gasteiger partial charge on any atom is -0.381 e. The van der Waals surface area contributed by atoms with Crippen LogP contribution in [-0.2, 0) is 14.8 Å². The fraction of sp³-hybridized carbons (Fsp3) is 0.471. The second kappa shape index (κ2) is 6.95. The highest BCUT2D eigenvalue weighted by atomic mass is 32.2. The molecular weight excluding hydrogens is 312 g/mol. The zero-order valence-electron chi connectivity index (χ0n) is 13.3. The van der Waals surface area contributed by atoms with Gasteiger partial charge in [-0.2, -0.15) is 0 Å². The molecule has 0 atom stereocenters. The third-order valence-electron chi connectivity index (χ3n) is 3.91. The Hall–Kier alpha value is -1.50. The first-order chi connectivity index (χ1) is 11.1. The lowest BCUT2D eigenvalue weighted by molar-refractivity contribution is 0.123. The number of benzene rings is 1. The zero-order chi connectivity index (χ0) is 16.3. The van der Waals surface area contributed by atoms with E-state index in [2.05, 4.69) is 9.71 Å². The summed E-state index contributed by atoms with van der Waals surface area (Å²) in [6.07, 6.45) is 4.89. The fourth-order valence-electron chi connectivity index (χ4n) is 2.45. The van der Waals surface area contributed by atoms with Crippen LogP contribution >= 0.6 is 0 Å². The van der Waals surface area contributed by atoms with Gasteiger partial charge in [-0.15, -0.1) is 0 Å². The molecule has 1 aromatic heterocycles. The lowest BCUT2D eigenvalue weighted by Gasteiger charge is -2.09. The van der Waals surface area contributed by atoms with Crippen molar-refractivity contribution < 1.29 is 13.2 Å². The molecule has 1 aromatic carbocycles. The number of sulfonamides is 1. The Morgan fingerprint density at radius 1 is 1.35 bits per heavy atom. The maximum absolute atomic E-state index is 12.5. The molecule has 0 aliphatic heterocycles. The van der Waals surface area contributed by atoms with Gasteiger partial charge >= 0.3 is 0 Å². The van der Waals surface area contributed by atoms with Gasteiger partial charge in [-0.3, -0.25) is 4.98 Å². The zero-order valence-corrected chi connectivity index (χ0v) is 14.1. The molecule has 0 amide bonds. The van der Waals surface area contributed by atoms with Crippen molar-refractivity contribution in [2.24, 2.45) is 5.92 Å². The predicted octanol–water partition coefficient (Wildman–Crippen LogP) is 2.64. The van der Waals surface area contributed by atoms with Gasteiger partial charge < -0.3 is 4.74 Å². The minimum atomic E-state index is -3.56. The topological polar surface area (TPSA) is 68.3 Å². The number of ether oxygens (including phenoxy) is 1. The van der Waals surface area contributed by atoms with E-state index < -0.39 is 10.0 Å². The van der Waals surface area contributed by atoms with Crippen molar-refractivity contribution in [2.45, 2.75) is 31.1 Å². The van der Waals surface area contributed by atoms with Gasteiger partial charge in [-0.05, 0) is 49.8 Å². The molecule has 0 unspecified atom stereocenters. The number of nitrogens with one attached hydrogen (secondary N) is 1. The predicted molar refractivity (Wildman–Crippen MR) is 89.8 cm³/mol. The van der Waals surface area contributed by atoms with Gasteiger partial charge in [0.05, 0.1) is 5.52 Å². The molecule has 0 saturated heterocycles. The van der Waals surface area contributed by atoms with E-state index in [1.54, 1.807) is 18.3 Å². The Balaban J connectivity index is 1.62. The van der Waals surface area contributed by atoms with Crippen LogP contribution in [0.1, 0.15) is 24.8 Å². The van der Waals surface area contributed by atoms with Gasteiger partial charge in [0.1, 0.15) is 4.90 Å². The number of nitrogens with zero attached hydrogens (tertiary/aromatic N) is 1. The van der Waals surface area contributed by atoms with Crippen molar-refractivity contribution in [3.63, 3.8) is 0 Å². The summed E-state index contributed by atoms with van der Waals surface area (Å²) in [7, 11) is -3.56. The Morgan fingerprint density at radius 3 is 2.96 bits per heavy atom. The number of rotatable bonds is 8. The third-order valence-corrected chi connectivity index (χ3v) is 5.40. The maximum atomic E-state index is 12.5. The van der Waals surface area contributed by atoms with Crippen LogP contribution < -0.4 is 4.72 Å². The lowest BCUT2D eigenvalue weighted by atomic mass is 10.2. The average molecular weight is 334 g/mol. The average Bonchev–Trinajstić information content (AvgIpc) is 3.34. The van der Waals surface area contributed by atoms with Crippen LogP contribution in [0.4, 0.5) is 0 Å². The van der Waals surface area contributed by atoms with E-state index in [-0.39, 0.29) is 4.90 Å². The second-order valence-corrected chi connectivity index (χ2v) is 7.85. The number of pyridine rings is 1. The Bertz CT molecular complexity index is 786. The van der Waals surface area contributed by atoms with Crippen molar-refractivity contribution in [3.8, 4) is 0 Å². The number of hydrogen-bond acceptors (Lipinski definition) is 4. The first-order valence-corrected chi connectivity index (χ1v) is 9.47. The summed E-state index contributed by atoms with van der Waals surface area (Å²) in [6.45, 7) is 3.70. The molecule has 2 aromatic rings. The molecule has 1 aliphatic carbocycles. The van der Waals surface area contributed by atoms with Crippen molar-refractivity contribution in [3.05, 3.63) is 36.0 Å². The van der Waals surface area contributed by atoms with E-state index in [0.29, 0.717) is 25.1 Å². The van der Waals surface area contributed by atoms with Gasteiger partial charge in [0.15, 0.2) is 0 Å². The van der Waals surface area contributed by atoms with Crippen LogP contribution in [0.5, 0.6) is 0 Å². The molecule has 0 radical (unpaired) electrons. The van der Waals surface area contributed by atoms with Crippen molar-refractivity contribution in [1.82, 2.24) is 9.71 Å². The summed E-state index contributed by atoms with van der Waals surface area (Å²) >= 11 is 0. The second-order valence-electron chi connectivity index (χ2n) is 6.11. The Morgan fingerprint density at radius 2 is 2.17 bits per heavy atom. The van der Waals surface area contributed by atoms with Gasteiger partial charge in [-0.25, -0.2) is 13.1 Å². The summed E-state index contributed by atoms with van der Waals surface area (Å²) in [6, 6.07) is 7.15. The quantitative estimate of drug-likeness (QED) is 0.754. The van der Waals surface area contributed by atoms with Crippen molar-refractivity contribution in [2.75, 3.05) is 19.8 Å². The Labute approximate surface area is 137 Å². The largest absolute Gasteiger partial charge is 0.381 e. The molecule has 1 N–H and O–H groups in total. The van der Waals surface area contributed by atoms with Gasteiger partial charge in [0.25, 0.3) is 0 Å². The van der Waals surface area contributed by atoms with E-state index in [4.69, 9.17) is 4.74 Å². The van der Waals surface area contributed by atoms with Crippen LogP contribution in [-0.4, -0.2) is 33.2 Å². The molecule has 5 nitrogen and oxygen atoms in total. The summed E-state index contributed by atoms with van der Waals surface area (Å²) in [5.74, 6) is 0.733. The third kappa shape index (κ3) is 4.28. The SMILES string of the molecule is Cc1cnc2c(S(=O)(=O)NCCCOCC3CC3)cccc2c1. The van der Waals surface area contributed by atoms with E-state index in [1.807, 2.05) is 19.1 Å². The van der Waals surface area contributed by atoms with Crippen LogP contribution in [0.2, 0.25) is 0 Å². The van der Waals surface area contributed by atoms with E-state index >= 15 is 0 Å². The highest BCUT2D eigenvalue weighted by Gasteiger charge is 2.21. The summed E-state index contributed by atoms with van der Waals surface area (Å²) in [5.41, 5.74) is 1.52. The molecule has 1 heterocycles. The normalized spacial score (nSPS) is 15.2. The minimum absolute atomic E-state index is 0.230. The van der Waals surface area contributed by atoms with Crippen LogP contribution in [0.15, 0.2) is 35.4 Å². The summed E-state index contributed by atoms with van der Waals surface area (Å²) in [5, 5.41) is 0.834. The highest BCUT2D eigenvalue weighted by molar-refractivity contribution is 7.89. The van der Waals surface area contributed by atoms with E-state index in [1.165, 1.54) is 12.8 Å². The van der Waals surface area contributed by atoms with Gasteiger partial charge in [0.2, 0.25) is 10.0 Å². The first-order valence-electron chi connectivity index (χ1n) is 7.99. The lowest BCUT2D eigenvalue weighted by Crippen LogP contribution is -2.26. The molecule has 1 saturated carbocycles. The number of fused-ring (bicyclic) bond motifs is 1. The van der Waals surface area contributed by atoms with Gasteiger partial charge in [0, 0.05) is 31.3 Å². The number of aryl methyl sites for hydroxylation is 1. The monoisotopic (exact) mass is 334 g/mol. The fourth-order valence-corrected chi connectivity index (χ4v) is 3.70. The van der Waals surface area contributed by atoms with E-state index in [0.717, 1.165) is 23.5 Å². The standard InChI is InChI=1S/C17H22N2O3S/c1-13-10-15-4-2-5-16(17(15)18-11-13)23(20,21)19-8-3-9-22-12-14-6-7-14/h2,4-5,10-11,14,19H,3,6-9,12H2,1H3. The molecule has 6 heteroatoms. The van der Waals surface area contributed by atoms with Gasteiger partial charge in [-0.1, -0.05) is 12.1 Å².